The van der Waals surface area contributed by atoms with E-state index in [4.69, 9.17) is 9.47 Å². The van der Waals surface area contributed by atoms with Gasteiger partial charge in [0.05, 0.1) is 19.6 Å². The first kappa shape index (κ1) is 16.3. The van der Waals surface area contributed by atoms with E-state index in [1.807, 2.05) is 0 Å². The molecule has 0 saturated carbocycles. The number of aliphatic hydroxyl groups excluding tert-OH is 1. The number of carbonyl (C=O) groups is 1. The Balaban J connectivity index is 1.80. The number of hydrogen-bond donors (Lipinski definition) is 2. The maximum Gasteiger partial charge on any atom is 0.310 e. The van der Waals surface area contributed by atoms with Gasteiger partial charge in [-0.05, 0) is 30.2 Å². The number of carbonyl (C=O) groups excluding carboxylic acids is 1. The van der Waals surface area contributed by atoms with E-state index in [1.54, 1.807) is 43.3 Å². The Hall–Kier alpha value is -2.11. The Morgan fingerprint density at radius 1 is 1.41 bits per heavy atom. The van der Waals surface area contributed by atoms with Gasteiger partial charge in [0.15, 0.2) is 6.29 Å². The summed E-state index contributed by atoms with van der Waals surface area (Å²) in [6.07, 6.45) is 3.25. The van der Waals surface area contributed by atoms with Gasteiger partial charge in [0, 0.05) is 12.0 Å². The number of hydrogen-bond acceptors (Lipinski definition) is 5. The molecule has 1 atom stereocenters. The molecule has 1 aliphatic heterocycles. The molecule has 118 valence electrons. The summed E-state index contributed by atoms with van der Waals surface area (Å²) in [6.45, 7) is 2.35. The van der Waals surface area contributed by atoms with E-state index in [1.165, 1.54) is 0 Å². The highest BCUT2D eigenvalue weighted by Crippen LogP contribution is 2.23. The zero-order chi connectivity index (χ0) is 15.9. The summed E-state index contributed by atoms with van der Waals surface area (Å²) in [6, 6.07) is 6.78. The van der Waals surface area contributed by atoms with E-state index in [-0.39, 0.29) is 31.4 Å². The van der Waals surface area contributed by atoms with Crippen molar-refractivity contribution in [3.05, 3.63) is 53.1 Å². The lowest BCUT2D eigenvalue weighted by Gasteiger charge is -2.22. The molecule has 1 aromatic carbocycles. The molecule has 22 heavy (non-hydrogen) atoms. The number of phenols is 1. The monoisotopic (exact) mass is 304 g/mol. The fourth-order valence-corrected chi connectivity index (χ4v) is 2.26. The van der Waals surface area contributed by atoms with E-state index in [9.17, 15) is 15.0 Å². The zero-order valence-corrected chi connectivity index (χ0v) is 12.5. The van der Waals surface area contributed by atoms with Crippen LogP contribution in [0.3, 0.4) is 0 Å². The van der Waals surface area contributed by atoms with Crippen LogP contribution in [0.5, 0.6) is 5.75 Å². The van der Waals surface area contributed by atoms with Gasteiger partial charge in [-0.25, -0.2) is 0 Å². The summed E-state index contributed by atoms with van der Waals surface area (Å²) >= 11 is 0. The lowest BCUT2D eigenvalue weighted by molar-refractivity contribution is -0.142. The summed E-state index contributed by atoms with van der Waals surface area (Å²) in [5.74, 6) is -0.122. The highest BCUT2D eigenvalue weighted by Gasteiger charge is 2.21. The van der Waals surface area contributed by atoms with Crippen LogP contribution < -0.4 is 0 Å². The molecule has 0 bridgehead atoms. The fourth-order valence-electron chi connectivity index (χ4n) is 2.26. The number of rotatable bonds is 5. The second-order valence-electron chi connectivity index (χ2n) is 4.97. The van der Waals surface area contributed by atoms with Crippen molar-refractivity contribution in [2.24, 2.45) is 0 Å². The van der Waals surface area contributed by atoms with E-state index >= 15 is 0 Å². The minimum Gasteiger partial charge on any atom is -0.508 e. The van der Waals surface area contributed by atoms with Gasteiger partial charge in [-0.15, -0.1) is 0 Å². The number of aromatic hydroxyl groups is 1. The number of ether oxygens (including phenoxy) is 2. The summed E-state index contributed by atoms with van der Waals surface area (Å²) in [5, 5.41) is 18.9. The number of aliphatic hydroxyl groups is 1. The van der Waals surface area contributed by atoms with Crippen molar-refractivity contribution in [1.82, 2.24) is 0 Å². The Bertz CT molecular complexity index is 571. The second kappa shape index (κ2) is 7.77. The smallest absolute Gasteiger partial charge is 0.310 e. The van der Waals surface area contributed by atoms with Crippen LogP contribution in [0.1, 0.15) is 18.9 Å². The molecule has 1 aliphatic rings. The third kappa shape index (κ3) is 4.44. The maximum atomic E-state index is 11.9. The van der Waals surface area contributed by atoms with Crippen molar-refractivity contribution in [3.8, 4) is 5.75 Å². The van der Waals surface area contributed by atoms with Gasteiger partial charge in [-0.3, -0.25) is 4.79 Å². The lowest BCUT2D eigenvalue weighted by Crippen LogP contribution is -2.23. The molecule has 0 amide bonds. The van der Waals surface area contributed by atoms with Crippen LogP contribution in [-0.4, -0.2) is 35.7 Å². The van der Waals surface area contributed by atoms with Gasteiger partial charge in [-0.2, -0.15) is 0 Å². The number of benzene rings is 1. The van der Waals surface area contributed by atoms with Crippen LogP contribution in [-0.2, 0) is 20.7 Å². The van der Waals surface area contributed by atoms with Crippen molar-refractivity contribution in [2.45, 2.75) is 26.1 Å². The normalized spacial score (nSPS) is 19.8. The highest BCUT2D eigenvalue weighted by molar-refractivity contribution is 5.74. The van der Waals surface area contributed by atoms with Crippen molar-refractivity contribution in [2.75, 3.05) is 13.2 Å². The van der Waals surface area contributed by atoms with Crippen LogP contribution in [0.25, 0.3) is 0 Å². The first-order valence-electron chi connectivity index (χ1n) is 7.19. The molecule has 0 aliphatic carbocycles. The molecule has 5 nitrogen and oxygen atoms in total. The molecule has 1 aromatic rings. The first-order chi connectivity index (χ1) is 10.6. The Morgan fingerprint density at radius 3 is 2.82 bits per heavy atom. The quantitative estimate of drug-likeness (QED) is 0.815. The number of phenolic OH excluding ortho intramolecular Hbond substituents is 1. The third-order valence-electron chi connectivity index (χ3n) is 3.46. The van der Waals surface area contributed by atoms with Crippen LogP contribution >= 0.6 is 0 Å². The third-order valence-corrected chi connectivity index (χ3v) is 3.46. The fraction of sp³-hybridized carbons (Fsp3) is 0.353. The van der Waals surface area contributed by atoms with Gasteiger partial charge in [0.25, 0.3) is 0 Å². The average molecular weight is 304 g/mol. The number of allylic oxidation sites excluding steroid dienone is 1. The number of esters is 1. The predicted octanol–water partition coefficient (Wildman–Crippen LogP) is 2.09. The largest absolute Gasteiger partial charge is 0.508 e. The molecule has 0 spiro atoms. The molecule has 0 unspecified atom stereocenters. The summed E-state index contributed by atoms with van der Waals surface area (Å²) in [5.41, 5.74) is 2.35. The molecular weight excluding hydrogens is 284 g/mol. The molecule has 2 N–H and O–H groups in total. The van der Waals surface area contributed by atoms with E-state index in [0.29, 0.717) is 12.0 Å². The molecule has 2 rings (SSSR count). The predicted molar refractivity (Wildman–Crippen MR) is 81.2 cm³/mol. The zero-order valence-electron chi connectivity index (χ0n) is 12.5. The van der Waals surface area contributed by atoms with Crippen molar-refractivity contribution >= 4 is 5.97 Å². The van der Waals surface area contributed by atoms with Crippen molar-refractivity contribution in [1.29, 1.82) is 0 Å². The molecule has 1 heterocycles. The summed E-state index contributed by atoms with van der Waals surface area (Å²) < 4.78 is 10.3. The van der Waals surface area contributed by atoms with Crippen molar-refractivity contribution < 1.29 is 24.5 Å². The topological polar surface area (TPSA) is 76.0 Å². The Morgan fingerprint density at radius 2 is 2.14 bits per heavy atom. The highest BCUT2D eigenvalue weighted by atomic mass is 16.6. The summed E-state index contributed by atoms with van der Waals surface area (Å²) in [4.78, 5) is 11.9. The molecule has 0 radical (unpaired) electrons. The molecule has 0 aromatic heterocycles. The average Bonchev–Trinajstić information content (AvgIpc) is 2.49. The van der Waals surface area contributed by atoms with Crippen molar-refractivity contribution in [3.63, 3.8) is 0 Å². The van der Waals surface area contributed by atoms with Gasteiger partial charge < -0.3 is 19.7 Å². The molecule has 0 fully saturated rings. The lowest BCUT2D eigenvalue weighted by atomic mass is 10.00. The Kier molecular flexibility index (Phi) is 5.75. The minimum absolute atomic E-state index is 0.121. The minimum atomic E-state index is -0.977. The second-order valence-corrected chi connectivity index (χ2v) is 4.97. The maximum absolute atomic E-state index is 11.9. The van der Waals surface area contributed by atoms with E-state index in [0.717, 1.165) is 11.1 Å². The van der Waals surface area contributed by atoms with Crippen LogP contribution in [0.2, 0.25) is 0 Å². The summed E-state index contributed by atoms with van der Waals surface area (Å²) in [7, 11) is 0. The van der Waals surface area contributed by atoms with Gasteiger partial charge in [0.2, 0.25) is 0 Å². The van der Waals surface area contributed by atoms with Crippen LogP contribution in [0.15, 0.2) is 47.6 Å². The van der Waals surface area contributed by atoms with Crippen LogP contribution in [0, 0.1) is 0 Å². The first-order valence-corrected chi connectivity index (χ1v) is 7.19. The SMILES string of the molecule is C/C=C1\C(CC(=O)OCCc2ccc(O)cc2)=CCO[C@H]1O. The van der Waals surface area contributed by atoms with E-state index < -0.39 is 6.29 Å². The van der Waals surface area contributed by atoms with E-state index in [2.05, 4.69) is 0 Å². The standard InChI is InChI=1S/C17H20O5/c1-2-15-13(8-10-22-17(15)20)11-16(19)21-9-7-12-3-5-14(18)6-4-12/h2-6,8,17-18,20H,7,9-11H2,1H3/b15-2+/t17-/m1/s1. The molecule has 0 saturated heterocycles. The Labute approximate surface area is 129 Å². The molecular formula is C17H20O5. The van der Waals surface area contributed by atoms with Gasteiger partial charge in [0.1, 0.15) is 5.75 Å². The molecule has 5 heteroatoms. The van der Waals surface area contributed by atoms with Crippen LogP contribution in [0.4, 0.5) is 0 Å². The van der Waals surface area contributed by atoms with Gasteiger partial charge in [-0.1, -0.05) is 24.3 Å². The van der Waals surface area contributed by atoms with Gasteiger partial charge >= 0.3 is 5.97 Å².